The molecule has 0 unspecified atom stereocenters. The molecule has 0 bridgehead atoms. The van der Waals surface area contributed by atoms with Crippen LogP contribution in [0.2, 0.25) is 0 Å². The fraction of sp³-hybridized carbons (Fsp3) is 0.406. The van der Waals surface area contributed by atoms with Gasteiger partial charge in [0.05, 0.1) is 18.1 Å². The fourth-order valence-corrected chi connectivity index (χ4v) is 5.25. The standard InChI is InChI=1S/C32H38N2O11/c1-15(2)8-9-17-14-18(10-12-21(17)40-6)28(37)34-22-23(35)19-11-13-20(16(3)25(19)43-29(22)38)42-30-24(36)26(44-31(33)39)27(41-7)32(4,5)45-30/h8,10-14,24,26-27,30,35-36H,9H2,1-7H3,(H2,33,39)(H,34,37)/t24-,26+,27-,30-/m1/s1. The molecule has 13 heteroatoms. The van der Waals surface area contributed by atoms with Gasteiger partial charge in [-0.2, -0.15) is 0 Å². The third-order valence-corrected chi connectivity index (χ3v) is 7.53. The highest BCUT2D eigenvalue weighted by molar-refractivity contribution is 6.06. The summed E-state index contributed by atoms with van der Waals surface area (Å²) in [6.45, 7) is 8.82. The van der Waals surface area contributed by atoms with Gasteiger partial charge in [-0.15, -0.1) is 0 Å². The first-order chi connectivity index (χ1) is 21.2. The Labute approximate surface area is 259 Å². The van der Waals surface area contributed by atoms with E-state index < -0.39 is 59.3 Å². The maximum atomic E-state index is 13.1. The number of carbonyl (C=O) groups excluding carboxylic acids is 2. The van der Waals surface area contributed by atoms with E-state index >= 15 is 0 Å². The lowest BCUT2D eigenvalue weighted by Gasteiger charge is -2.47. The predicted molar refractivity (Wildman–Crippen MR) is 164 cm³/mol. The van der Waals surface area contributed by atoms with Crippen molar-refractivity contribution in [2.45, 2.75) is 71.2 Å². The van der Waals surface area contributed by atoms with Crippen molar-refractivity contribution in [3.8, 4) is 17.2 Å². The zero-order valence-corrected chi connectivity index (χ0v) is 26.1. The molecular formula is C32H38N2O11. The molecule has 45 heavy (non-hydrogen) atoms. The van der Waals surface area contributed by atoms with E-state index in [1.165, 1.54) is 26.4 Å². The molecule has 4 rings (SSSR count). The van der Waals surface area contributed by atoms with Crippen molar-refractivity contribution < 1.29 is 47.9 Å². The quantitative estimate of drug-likeness (QED) is 0.199. The monoisotopic (exact) mass is 626 g/mol. The number of hydrogen-bond acceptors (Lipinski definition) is 11. The number of ether oxygens (including phenoxy) is 5. The Morgan fingerprint density at radius 3 is 2.44 bits per heavy atom. The Bertz CT molecular complexity index is 1690. The van der Waals surface area contributed by atoms with Crippen LogP contribution in [0.15, 0.2) is 51.2 Å². The molecule has 13 nitrogen and oxygen atoms in total. The van der Waals surface area contributed by atoms with Gasteiger partial charge in [0.1, 0.15) is 23.2 Å². The van der Waals surface area contributed by atoms with Gasteiger partial charge in [0.15, 0.2) is 23.6 Å². The van der Waals surface area contributed by atoms with Crippen LogP contribution in [0.1, 0.15) is 49.2 Å². The molecule has 0 radical (unpaired) electrons. The lowest BCUT2D eigenvalue weighted by atomic mass is 9.89. The van der Waals surface area contributed by atoms with E-state index in [4.69, 9.17) is 33.8 Å². The van der Waals surface area contributed by atoms with E-state index in [1.807, 2.05) is 19.9 Å². The topological polar surface area (TPSA) is 189 Å². The van der Waals surface area contributed by atoms with Crippen LogP contribution in [0.5, 0.6) is 17.2 Å². The molecule has 0 spiro atoms. The summed E-state index contributed by atoms with van der Waals surface area (Å²) in [5.41, 5.74) is 5.06. The minimum atomic E-state index is -1.51. The van der Waals surface area contributed by atoms with Crippen molar-refractivity contribution in [2.75, 3.05) is 19.5 Å². The van der Waals surface area contributed by atoms with Gasteiger partial charge in [-0.3, -0.25) is 4.79 Å². The number of nitrogens with one attached hydrogen (secondary N) is 1. The summed E-state index contributed by atoms with van der Waals surface area (Å²) in [7, 11) is 2.91. The first-order valence-electron chi connectivity index (χ1n) is 14.1. The third-order valence-electron chi connectivity index (χ3n) is 7.53. The molecule has 4 atom stereocenters. The number of aromatic hydroxyl groups is 1. The smallest absolute Gasteiger partial charge is 0.404 e. The maximum Gasteiger partial charge on any atom is 0.404 e. The Kier molecular flexibility index (Phi) is 9.76. The van der Waals surface area contributed by atoms with E-state index in [9.17, 15) is 24.6 Å². The summed E-state index contributed by atoms with van der Waals surface area (Å²) >= 11 is 0. The van der Waals surface area contributed by atoms with Crippen molar-refractivity contribution >= 4 is 28.7 Å². The lowest BCUT2D eigenvalue weighted by molar-refractivity contribution is -0.304. The number of amides is 2. The molecule has 0 saturated carbocycles. The van der Waals surface area contributed by atoms with Gasteiger partial charge in [0.2, 0.25) is 6.29 Å². The largest absolute Gasteiger partial charge is 0.505 e. The van der Waals surface area contributed by atoms with Crippen LogP contribution < -0.4 is 26.1 Å². The number of fused-ring (bicyclic) bond motifs is 1. The summed E-state index contributed by atoms with van der Waals surface area (Å²) in [5, 5.41) is 24.6. The van der Waals surface area contributed by atoms with Gasteiger partial charge in [-0.25, -0.2) is 9.59 Å². The number of carbonyl (C=O) groups is 2. The van der Waals surface area contributed by atoms with Crippen LogP contribution in [0.4, 0.5) is 10.5 Å². The second kappa shape index (κ2) is 13.2. The molecule has 2 aromatic carbocycles. The van der Waals surface area contributed by atoms with E-state index in [0.29, 0.717) is 12.2 Å². The first kappa shape index (κ1) is 33.3. The van der Waals surface area contributed by atoms with Crippen molar-refractivity contribution in [3.05, 3.63) is 69.1 Å². The lowest BCUT2D eigenvalue weighted by Crippen LogP contribution is -2.65. The number of aryl methyl sites for hydroxylation is 1. The number of nitrogens with two attached hydrogens (primary N) is 1. The molecular weight excluding hydrogens is 588 g/mol. The minimum Gasteiger partial charge on any atom is -0.505 e. The van der Waals surface area contributed by atoms with Gasteiger partial charge in [-0.1, -0.05) is 11.6 Å². The summed E-state index contributed by atoms with van der Waals surface area (Å²) in [6, 6.07) is 7.74. The van der Waals surface area contributed by atoms with Crippen LogP contribution in [0.3, 0.4) is 0 Å². The van der Waals surface area contributed by atoms with E-state index in [-0.39, 0.29) is 27.8 Å². The number of benzene rings is 2. The van der Waals surface area contributed by atoms with E-state index in [2.05, 4.69) is 5.32 Å². The molecule has 1 fully saturated rings. The van der Waals surface area contributed by atoms with Gasteiger partial charge in [0.25, 0.3) is 5.91 Å². The first-order valence-corrected chi connectivity index (χ1v) is 14.1. The van der Waals surface area contributed by atoms with Crippen molar-refractivity contribution in [1.29, 1.82) is 0 Å². The normalized spacial score (nSPS) is 20.7. The number of aliphatic hydroxyl groups excluding tert-OH is 1. The molecule has 1 aromatic heterocycles. The van der Waals surface area contributed by atoms with Crippen LogP contribution in [-0.4, -0.2) is 66.6 Å². The summed E-state index contributed by atoms with van der Waals surface area (Å²) in [6.07, 6.45) is -3.54. The molecule has 2 heterocycles. The maximum absolute atomic E-state index is 13.1. The third kappa shape index (κ3) is 6.90. The van der Waals surface area contributed by atoms with Gasteiger partial charge in [-0.05, 0) is 76.9 Å². The zero-order chi connectivity index (χ0) is 33.2. The predicted octanol–water partition coefficient (Wildman–Crippen LogP) is 3.93. The molecule has 1 aliphatic rings. The molecule has 242 valence electrons. The number of primary amides is 1. The summed E-state index contributed by atoms with van der Waals surface area (Å²) in [5.74, 6) is -0.398. The number of rotatable bonds is 9. The number of aliphatic hydroxyl groups is 1. The molecule has 1 saturated heterocycles. The summed E-state index contributed by atoms with van der Waals surface area (Å²) in [4.78, 5) is 37.7. The van der Waals surface area contributed by atoms with Crippen LogP contribution in [-0.2, 0) is 20.6 Å². The zero-order valence-electron chi connectivity index (χ0n) is 26.1. The van der Waals surface area contributed by atoms with Gasteiger partial charge >= 0.3 is 11.7 Å². The molecule has 2 amide bonds. The molecule has 3 aromatic rings. The van der Waals surface area contributed by atoms with Crippen LogP contribution in [0, 0.1) is 6.92 Å². The highest BCUT2D eigenvalue weighted by atomic mass is 16.7. The summed E-state index contributed by atoms with van der Waals surface area (Å²) < 4.78 is 33.4. The molecule has 0 aliphatic carbocycles. The van der Waals surface area contributed by atoms with Crippen LogP contribution >= 0.6 is 0 Å². The molecule has 1 aliphatic heterocycles. The average Bonchev–Trinajstić information content (AvgIpc) is 2.97. The number of hydrogen-bond donors (Lipinski definition) is 4. The highest BCUT2D eigenvalue weighted by Gasteiger charge is 2.53. The Hall–Kier alpha value is -4.59. The Morgan fingerprint density at radius 2 is 1.82 bits per heavy atom. The average molecular weight is 627 g/mol. The Morgan fingerprint density at radius 1 is 1.13 bits per heavy atom. The second-order valence-electron chi connectivity index (χ2n) is 11.4. The van der Waals surface area contributed by atoms with Gasteiger partial charge < -0.3 is 49.4 Å². The SMILES string of the molecule is COc1ccc(C(=O)Nc2c(O)c3ccc(O[C@@H]4OC(C)(C)[C@H](OC)[C@@H](OC(N)=O)[C@H]4O)c(C)c3oc2=O)cc1CC=C(C)C. The van der Waals surface area contributed by atoms with Gasteiger partial charge in [0, 0.05) is 18.2 Å². The number of anilines is 1. The van der Waals surface area contributed by atoms with E-state index in [1.54, 1.807) is 39.0 Å². The van der Waals surface area contributed by atoms with E-state index in [0.717, 1.165) is 11.1 Å². The fourth-order valence-electron chi connectivity index (χ4n) is 5.25. The number of methoxy groups -OCH3 is 2. The highest BCUT2D eigenvalue weighted by Crippen LogP contribution is 2.38. The second-order valence-corrected chi connectivity index (χ2v) is 11.4. The Balaban J connectivity index is 1.63. The van der Waals surface area contributed by atoms with Crippen molar-refractivity contribution in [1.82, 2.24) is 0 Å². The molecule has 5 N–H and O–H groups in total. The number of allylic oxidation sites excluding steroid dienone is 2. The van der Waals surface area contributed by atoms with Crippen molar-refractivity contribution in [3.63, 3.8) is 0 Å². The van der Waals surface area contributed by atoms with Crippen molar-refractivity contribution in [2.24, 2.45) is 5.73 Å². The minimum absolute atomic E-state index is 0.0225. The van der Waals surface area contributed by atoms with Crippen LogP contribution in [0.25, 0.3) is 11.0 Å².